The second-order valence-electron chi connectivity index (χ2n) is 9.49. The van der Waals surface area contributed by atoms with Crippen molar-refractivity contribution in [2.24, 2.45) is 5.92 Å². The minimum Gasteiger partial charge on any atom is -0.389 e. The van der Waals surface area contributed by atoms with Gasteiger partial charge in [-0.15, -0.1) is 0 Å². The molecule has 4 aliphatic rings. The van der Waals surface area contributed by atoms with Gasteiger partial charge in [0.05, 0.1) is 37.9 Å². The van der Waals surface area contributed by atoms with Gasteiger partial charge in [-0.2, -0.15) is 0 Å². The Morgan fingerprint density at radius 3 is 2.47 bits per heavy atom. The summed E-state index contributed by atoms with van der Waals surface area (Å²) in [7, 11) is 2.08. The van der Waals surface area contributed by atoms with Gasteiger partial charge in [-0.05, 0) is 32.7 Å². The van der Waals surface area contributed by atoms with E-state index in [9.17, 15) is 14.7 Å². The van der Waals surface area contributed by atoms with Crippen molar-refractivity contribution in [1.29, 1.82) is 0 Å². The first kappa shape index (κ1) is 22.0. The third-order valence-corrected chi connectivity index (χ3v) is 7.23. The molecule has 1 N–H and O–H groups in total. The Hall–Kier alpha value is -1.22. The molecule has 30 heavy (non-hydrogen) atoms. The number of likely N-dealkylation sites (N-methyl/N-ethyl adjacent to an activating group) is 1. The molecule has 0 aromatic rings. The summed E-state index contributed by atoms with van der Waals surface area (Å²) in [5.41, 5.74) is 0. The van der Waals surface area contributed by atoms with Crippen LogP contribution in [0.4, 0.5) is 0 Å². The number of aliphatic hydroxyl groups is 1. The van der Waals surface area contributed by atoms with Crippen molar-refractivity contribution in [2.75, 3.05) is 53.0 Å². The Morgan fingerprint density at radius 1 is 1.00 bits per heavy atom. The molecule has 1 saturated carbocycles. The number of piperazine rings is 1. The number of carbonyl (C=O) groups excluding carboxylic acids is 2. The van der Waals surface area contributed by atoms with Gasteiger partial charge in [-0.3, -0.25) is 9.59 Å². The third kappa shape index (κ3) is 5.15. The number of ether oxygens (including phenoxy) is 2. The van der Waals surface area contributed by atoms with E-state index in [1.807, 2.05) is 9.80 Å². The van der Waals surface area contributed by atoms with Crippen molar-refractivity contribution >= 4 is 11.8 Å². The molecule has 8 heteroatoms. The minimum atomic E-state index is -0.659. The Labute approximate surface area is 179 Å². The van der Waals surface area contributed by atoms with Crippen LogP contribution in [0, 0.1) is 5.92 Å². The molecule has 0 aromatic heterocycles. The quantitative estimate of drug-likeness (QED) is 0.711. The molecule has 4 atom stereocenters. The Bertz CT molecular complexity index is 604. The molecular formula is C22H37N3O5. The van der Waals surface area contributed by atoms with Gasteiger partial charge in [0.2, 0.25) is 11.8 Å². The maximum absolute atomic E-state index is 13.2. The summed E-state index contributed by atoms with van der Waals surface area (Å²) in [6, 6.07) is -0.0805. The third-order valence-electron chi connectivity index (χ3n) is 7.23. The van der Waals surface area contributed by atoms with E-state index in [0.29, 0.717) is 19.6 Å². The molecule has 0 spiro atoms. The van der Waals surface area contributed by atoms with Gasteiger partial charge in [0.25, 0.3) is 0 Å². The van der Waals surface area contributed by atoms with Crippen molar-refractivity contribution < 1.29 is 24.2 Å². The summed E-state index contributed by atoms with van der Waals surface area (Å²) in [6.07, 6.45) is 5.03. The monoisotopic (exact) mass is 423 g/mol. The van der Waals surface area contributed by atoms with Gasteiger partial charge in [-0.25, -0.2) is 0 Å². The predicted molar refractivity (Wildman–Crippen MR) is 111 cm³/mol. The highest BCUT2D eigenvalue weighted by Crippen LogP contribution is 2.32. The van der Waals surface area contributed by atoms with E-state index in [4.69, 9.17) is 9.47 Å². The normalized spacial score (nSPS) is 34.3. The van der Waals surface area contributed by atoms with E-state index in [1.54, 1.807) is 0 Å². The topological polar surface area (TPSA) is 82.6 Å². The molecule has 0 bridgehead atoms. The zero-order chi connectivity index (χ0) is 21.1. The van der Waals surface area contributed by atoms with E-state index in [1.165, 1.54) is 0 Å². The van der Waals surface area contributed by atoms with Crippen LogP contribution in [0.25, 0.3) is 0 Å². The molecule has 3 aliphatic heterocycles. The average molecular weight is 424 g/mol. The number of fused-ring (bicyclic) bond motifs is 1. The van der Waals surface area contributed by atoms with Crippen molar-refractivity contribution in [1.82, 2.24) is 14.7 Å². The van der Waals surface area contributed by atoms with E-state index < -0.39 is 6.10 Å². The number of aliphatic hydroxyl groups excluding tert-OH is 1. The van der Waals surface area contributed by atoms with Gasteiger partial charge in [0.15, 0.2) is 0 Å². The van der Waals surface area contributed by atoms with E-state index in [2.05, 4.69) is 11.9 Å². The predicted octanol–water partition coefficient (Wildman–Crippen LogP) is 0.477. The molecule has 2 amide bonds. The zero-order valence-electron chi connectivity index (χ0n) is 18.2. The lowest BCUT2D eigenvalue weighted by Crippen LogP contribution is -2.58. The Kier molecular flexibility index (Phi) is 7.28. The molecule has 0 radical (unpaired) electrons. The van der Waals surface area contributed by atoms with Crippen LogP contribution in [-0.4, -0.2) is 109 Å². The number of amides is 2. The molecular weight excluding hydrogens is 386 g/mol. The zero-order valence-corrected chi connectivity index (χ0v) is 18.2. The maximum Gasteiger partial charge on any atom is 0.226 e. The lowest BCUT2D eigenvalue weighted by molar-refractivity contribution is -0.173. The highest BCUT2D eigenvalue weighted by molar-refractivity contribution is 5.79. The fourth-order valence-electron chi connectivity index (χ4n) is 5.38. The molecule has 8 nitrogen and oxygen atoms in total. The largest absolute Gasteiger partial charge is 0.389 e. The van der Waals surface area contributed by atoms with Crippen LogP contribution in [-0.2, 0) is 19.1 Å². The summed E-state index contributed by atoms with van der Waals surface area (Å²) in [5, 5.41) is 10.3. The van der Waals surface area contributed by atoms with Crippen LogP contribution in [0.2, 0.25) is 0 Å². The number of nitrogens with zero attached hydrogens (tertiary/aromatic N) is 3. The SMILES string of the molecule is CN1CCN(C(=O)C[C@H]2CC[C@H]3[C@@H](COC[C@@H](O)CN3C(=O)C3CCCC3)O2)CC1. The number of β-amino-alcohol motifs (C(OH)–C–C–N with tert-alkyl or cyclic N) is 1. The summed E-state index contributed by atoms with van der Waals surface area (Å²) < 4.78 is 12.0. The van der Waals surface area contributed by atoms with Crippen molar-refractivity contribution in [3.63, 3.8) is 0 Å². The Balaban J connectivity index is 1.38. The second kappa shape index (κ2) is 9.94. The van der Waals surface area contributed by atoms with Crippen LogP contribution < -0.4 is 0 Å². The van der Waals surface area contributed by atoms with Crippen LogP contribution in [0.5, 0.6) is 0 Å². The standard InChI is InChI=1S/C22H37N3O5/c1-23-8-10-24(11-9-23)21(27)12-18-6-7-19-20(30-18)15-29-14-17(26)13-25(19)22(28)16-4-2-3-5-16/h16-20,26H,2-15H2,1H3/t17-,18+,19-,20+/m0/s1. The molecule has 1 aliphatic carbocycles. The first-order chi connectivity index (χ1) is 14.5. The smallest absolute Gasteiger partial charge is 0.226 e. The van der Waals surface area contributed by atoms with Crippen molar-refractivity contribution in [3.8, 4) is 0 Å². The molecule has 170 valence electrons. The number of hydrogen-bond donors (Lipinski definition) is 1. The highest BCUT2D eigenvalue weighted by atomic mass is 16.5. The maximum atomic E-state index is 13.2. The highest BCUT2D eigenvalue weighted by Gasteiger charge is 2.42. The van der Waals surface area contributed by atoms with Crippen molar-refractivity contribution in [3.05, 3.63) is 0 Å². The molecule has 3 heterocycles. The number of carbonyl (C=O) groups is 2. The fraction of sp³-hybridized carbons (Fsp3) is 0.909. The molecule has 4 fully saturated rings. The van der Waals surface area contributed by atoms with Gasteiger partial charge in [0.1, 0.15) is 6.10 Å². The summed E-state index contributed by atoms with van der Waals surface area (Å²) in [5.74, 6) is 0.404. The van der Waals surface area contributed by atoms with Crippen LogP contribution in [0.3, 0.4) is 0 Å². The van der Waals surface area contributed by atoms with E-state index in [0.717, 1.165) is 64.7 Å². The molecule has 0 unspecified atom stereocenters. The fourth-order valence-corrected chi connectivity index (χ4v) is 5.38. The first-order valence-electron chi connectivity index (χ1n) is 11.7. The van der Waals surface area contributed by atoms with E-state index in [-0.39, 0.29) is 42.6 Å². The Morgan fingerprint density at radius 2 is 1.73 bits per heavy atom. The van der Waals surface area contributed by atoms with Crippen LogP contribution in [0.1, 0.15) is 44.9 Å². The number of hydrogen-bond acceptors (Lipinski definition) is 6. The number of rotatable bonds is 3. The minimum absolute atomic E-state index is 0.0785. The lowest BCUT2D eigenvalue weighted by atomic mass is 9.93. The van der Waals surface area contributed by atoms with Gasteiger partial charge in [-0.1, -0.05) is 12.8 Å². The second-order valence-corrected chi connectivity index (χ2v) is 9.49. The van der Waals surface area contributed by atoms with Crippen LogP contribution in [0.15, 0.2) is 0 Å². The van der Waals surface area contributed by atoms with Gasteiger partial charge >= 0.3 is 0 Å². The van der Waals surface area contributed by atoms with E-state index >= 15 is 0 Å². The summed E-state index contributed by atoms with van der Waals surface area (Å²) in [6.45, 7) is 4.26. The van der Waals surface area contributed by atoms with Crippen LogP contribution >= 0.6 is 0 Å². The van der Waals surface area contributed by atoms with Crippen molar-refractivity contribution in [2.45, 2.75) is 69.3 Å². The van der Waals surface area contributed by atoms with Gasteiger partial charge in [0, 0.05) is 38.6 Å². The lowest BCUT2D eigenvalue weighted by Gasteiger charge is -2.45. The average Bonchev–Trinajstić information content (AvgIpc) is 3.26. The summed E-state index contributed by atoms with van der Waals surface area (Å²) >= 11 is 0. The molecule has 3 saturated heterocycles. The summed E-state index contributed by atoms with van der Waals surface area (Å²) in [4.78, 5) is 32.0. The molecule has 0 aromatic carbocycles. The first-order valence-corrected chi connectivity index (χ1v) is 11.7. The van der Waals surface area contributed by atoms with Gasteiger partial charge < -0.3 is 29.3 Å². The molecule has 4 rings (SSSR count).